The molecule has 0 spiro atoms. The first kappa shape index (κ1) is 14.2. The summed E-state index contributed by atoms with van der Waals surface area (Å²) in [7, 11) is 1.36. The van der Waals surface area contributed by atoms with Crippen LogP contribution >= 0.6 is 0 Å². The number of hydrogen-bond donors (Lipinski definition) is 1. The van der Waals surface area contributed by atoms with Gasteiger partial charge in [0.25, 0.3) is 0 Å². The van der Waals surface area contributed by atoms with Gasteiger partial charge in [-0.3, -0.25) is 0 Å². The van der Waals surface area contributed by atoms with E-state index < -0.39 is 12.7 Å². The number of nitrogens with two attached hydrogens (primary N) is 1. The molecule has 0 radical (unpaired) electrons. The molecule has 2 rings (SSSR count). The van der Waals surface area contributed by atoms with Crippen molar-refractivity contribution in [1.82, 2.24) is 10.1 Å². The highest BCUT2D eigenvalue weighted by Crippen LogP contribution is 2.32. The number of halogens is 2. The second kappa shape index (κ2) is 5.83. The molecule has 0 saturated carbocycles. The molecule has 0 amide bonds. The second-order valence-corrected chi connectivity index (χ2v) is 3.94. The third kappa shape index (κ3) is 3.02. The number of ether oxygens (including phenoxy) is 2. The number of hydrogen-bond acceptors (Lipinski definition) is 6. The van der Waals surface area contributed by atoms with E-state index in [1.165, 1.54) is 19.2 Å². The van der Waals surface area contributed by atoms with Crippen LogP contribution in [0, 0.1) is 6.92 Å². The smallest absolute Gasteiger partial charge is 0.387 e. The maximum atomic E-state index is 12.3. The predicted molar refractivity (Wildman–Crippen MR) is 64.7 cm³/mol. The number of rotatable bonds is 5. The molecule has 2 aromatic rings. The molecule has 6 nitrogen and oxygen atoms in total. The average molecular weight is 285 g/mol. The molecule has 0 aliphatic heterocycles. The van der Waals surface area contributed by atoms with Crippen molar-refractivity contribution in [3.05, 3.63) is 35.5 Å². The number of alkyl halides is 2. The standard InChI is InChI=1S/C12H13F2N3O3/c1-6-16-11(17-20-6)10(15)7-3-4-8(18-2)9(5-7)19-12(13)14/h3-5,10,12H,15H2,1-2H3. The lowest BCUT2D eigenvalue weighted by Gasteiger charge is -2.13. The molecule has 0 aliphatic carbocycles. The van der Waals surface area contributed by atoms with Crippen molar-refractivity contribution in [1.29, 1.82) is 0 Å². The zero-order chi connectivity index (χ0) is 14.7. The van der Waals surface area contributed by atoms with E-state index in [2.05, 4.69) is 14.9 Å². The highest BCUT2D eigenvalue weighted by Gasteiger charge is 2.18. The third-order valence-corrected chi connectivity index (χ3v) is 2.58. The summed E-state index contributed by atoms with van der Waals surface area (Å²) in [5, 5.41) is 3.69. The lowest BCUT2D eigenvalue weighted by Crippen LogP contribution is -2.14. The predicted octanol–water partition coefficient (Wildman–Crippen LogP) is 2.04. The fourth-order valence-corrected chi connectivity index (χ4v) is 1.67. The summed E-state index contributed by atoms with van der Waals surface area (Å²) >= 11 is 0. The summed E-state index contributed by atoms with van der Waals surface area (Å²) in [4.78, 5) is 4.00. The highest BCUT2D eigenvalue weighted by atomic mass is 19.3. The summed E-state index contributed by atoms with van der Waals surface area (Å²) in [5.41, 5.74) is 6.45. The van der Waals surface area contributed by atoms with E-state index in [-0.39, 0.29) is 17.3 Å². The number of methoxy groups -OCH3 is 1. The summed E-state index contributed by atoms with van der Waals surface area (Å²) in [5.74, 6) is 0.713. The van der Waals surface area contributed by atoms with E-state index >= 15 is 0 Å². The van der Waals surface area contributed by atoms with Crippen LogP contribution in [0.1, 0.15) is 23.3 Å². The Morgan fingerprint density at radius 2 is 2.05 bits per heavy atom. The number of nitrogens with zero attached hydrogens (tertiary/aromatic N) is 2. The van der Waals surface area contributed by atoms with Gasteiger partial charge in [-0.25, -0.2) is 0 Å². The molecule has 0 aliphatic rings. The van der Waals surface area contributed by atoms with Crippen molar-refractivity contribution in [2.45, 2.75) is 19.6 Å². The van der Waals surface area contributed by atoms with Gasteiger partial charge in [-0.1, -0.05) is 11.2 Å². The molecule has 108 valence electrons. The average Bonchev–Trinajstić information content (AvgIpc) is 2.84. The molecule has 1 atom stereocenters. The van der Waals surface area contributed by atoms with E-state index in [0.717, 1.165) is 0 Å². The largest absolute Gasteiger partial charge is 0.493 e. The normalized spacial score (nSPS) is 12.5. The Morgan fingerprint density at radius 1 is 1.30 bits per heavy atom. The fourth-order valence-electron chi connectivity index (χ4n) is 1.67. The van der Waals surface area contributed by atoms with Crippen LogP contribution in [0.25, 0.3) is 0 Å². The van der Waals surface area contributed by atoms with Crippen molar-refractivity contribution < 1.29 is 22.8 Å². The summed E-state index contributed by atoms with van der Waals surface area (Å²) in [6.07, 6.45) is 0. The first-order valence-corrected chi connectivity index (χ1v) is 5.69. The SMILES string of the molecule is COc1ccc(C(N)c2noc(C)n2)cc1OC(F)F. The maximum Gasteiger partial charge on any atom is 0.387 e. The maximum absolute atomic E-state index is 12.3. The van der Waals surface area contributed by atoms with E-state index in [1.54, 1.807) is 13.0 Å². The van der Waals surface area contributed by atoms with Crippen LogP contribution in [0.4, 0.5) is 8.78 Å². The van der Waals surface area contributed by atoms with Gasteiger partial charge in [-0.15, -0.1) is 0 Å². The van der Waals surface area contributed by atoms with Crippen LogP contribution in [0.3, 0.4) is 0 Å². The van der Waals surface area contributed by atoms with E-state index in [4.69, 9.17) is 15.0 Å². The number of aryl methyl sites for hydroxylation is 1. The fraction of sp³-hybridized carbons (Fsp3) is 0.333. The molecule has 0 bridgehead atoms. The Hall–Kier alpha value is -2.22. The number of aromatic nitrogens is 2. The Kier molecular flexibility index (Phi) is 4.14. The van der Waals surface area contributed by atoms with Crippen molar-refractivity contribution in [2.24, 2.45) is 5.73 Å². The zero-order valence-electron chi connectivity index (χ0n) is 10.8. The van der Waals surface area contributed by atoms with Crippen LogP contribution in [0.2, 0.25) is 0 Å². The molecule has 0 saturated heterocycles. The molecule has 20 heavy (non-hydrogen) atoms. The van der Waals surface area contributed by atoms with E-state index in [9.17, 15) is 8.78 Å². The first-order valence-electron chi connectivity index (χ1n) is 5.69. The Balaban J connectivity index is 2.32. The molecule has 1 aromatic carbocycles. The molecule has 8 heteroatoms. The lowest BCUT2D eigenvalue weighted by molar-refractivity contribution is -0.0512. The van der Waals surface area contributed by atoms with Crippen molar-refractivity contribution in [3.63, 3.8) is 0 Å². The van der Waals surface area contributed by atoms with Crippen molar-refractivity contribution >= 4 is 0 Å². The topological polar surface area (TPSA) is 83.4 Å². The van der Waals surface area contributed by atoms with Crippen molar-refractivity contribution in [3.8, 4) is 11.5 Å². The van der Waals surface area contributed by atoms with Gasteiger partial charge in [0.15, 0.2) is 17.3 Å². The second-order valence-electron chi connectivity index (χ2n) is 3.94. The van der Waals surface area contributed by atoms with E-state index in [0.29, 0.717) is 11.5 Å². The molecule has 1 unspecified atom stereocenters. The number of benzene rings is 1. The van der Waals surface area contributed by atoms with Crippen LogP contribution in [0.15, 0.2) is 22.7 Å². The molecule has 1 heterocycles. The lowest BCUT2D eigenvalue weighted by atomic mass is 10.1. The van der Waals surface area contributed by atoms with Gasteiger partial charge in [-0.2, -0.15) is 13.8 Å². The summed E-state index contributed by atoms with van der Waals surface area (Å²) < 4.78 is 38.9. The Morgan fingerprint density at radius 3 is 2.60 bits per heavy atom. The van der Waals surface area contributed by atoms with Gasteiger partial charge < -0.3 is 19.7 Å². The van der Waals surface area contributed by atoms with Gasteiger partial charge in [0, 0.05) is 6.92 Å². The summed E-state index contributed by atoms with van der Waals surface area (Å²) in [6, 6.07) is 3.76. The Bertz CT molecular complexity index is 589. The van der Waals surface area contributed by atoms with Crippen LogP contribution in [-0.4, -0.2) is 23.9 Å². The van der Waals surface area contributed by atoms with Gasteiger partial charge in [0.1, 0.15) is 0 Å². The first-order chi connectivity index (χ1) is 9.51. The minimum absolute atomic E-state index is 0.101. The van der Waals surface area contributed by atoms with Gasteiger partial charge in [-0.05, 0) is 17.7 Å². The molecular weight excluding hydrogens is 272 g/mol. The molecule has 2 N–H and O–H groups in total. The van der Waals surface area contributed by atoms with E-state index in [1.807, 2.05) is 0 Å². The van der Waals surface area contributed by atoms with Crippen LogP contribution < -0.4 is 15.2 Å². The monoisotopic (exact) mass is 285 g/mol. The highest BCUT2D eigenvalue weighted by molar-refractivity contribution is 5.44. The minimum Gasteiger partial charge on any atom is -0.493 e. The van der Waals surface area contributed by atoms with Gasteiger partial charge in [0.05, 0.1) is 13.2 Å². The van der Waals surface area contributed by atoms with Gasteiger partial charge in [0.2, 0.25) is 5.89 Å². The van der Waals surface area contributed by atoms with Gasteiger partial charge >= 0.3 is 6.61 Å². The Labute approximate surface area is 113 Å². The third-order valence-electron chi connectivity index (χ3n) is 2.58. The van der Waals surface area contributed by atoms with Crippen molar-refractivity contribution in [2.75, 3.05) is 7.11 Å². The van der Waals surface area contributed by atoms with Crippen LogP contribution in [-0.2, 0) is 0 Å². The molecular formula is C12H13F2N3O3. The van der Waals surface area contributed by atoms with Crippen LogP contribution in [0.5, 0.6) is 11.5 Å². The summed E-state index contributed by atoms with van der Waals surface area (Å²) in [6.45, 7) is -1.33. The minimum atomic E-state index is -2.96. The molecule has 1 aromatic heterocycles. The zero-order valence-corrected chi connectivity index (χ0v) is 10.8. The quantitative estimate of drug-likeness (QED) is 0.905. The molecule has 0 fully saturated rings.